The van der Waals surface area contributed by atoms with Gasteiger partial charge in [0.2, 0.25) is 0 Å². The van der Waals surface area contributed by atoms with Gasteiger partial charge in [0.05, 0.1) is 17.9 Å². The van der Waals surface area contributed by atoms with Gasteiger partial charge >= 0.3 is 0 Å². The number of nitrogens with two attached hydrogens (primary N) is 1. The molecular formula is C7H10N8O. The van der Waals surface area contributed by atoms with Crippen molar-refractivity contribution in [1.82, 2.24) is 36.1 Å². The molecule has 1 unspecified atom stereocenters. The van der Waals surface area contributed by atoms with Crippen LogP contribution in [0.15, 0.2) is 6.20 Å². The number of rotatable bonds is 3. The first-order valence-electron chi connectivity index (χ1n) is 4.51. The third-order valence-electron chi connectivity index (χ3n) is 1.99. The second-order valence-corrected chi connectivity index (χ2v) is 3.17. The van der Waals surface area contributed by atoms with Gasteiger partial charge in [-0.15, -0.1) is 10.2 Å². The normalized spacial score (nSPS) is 12.3. The van der Waals surface area contributed by atoms with Gasteiger partial charge in [0.15, 0.2) is 5.82 Å². The Morgan fingerprint density at radius 3 is 3.00 bits per heavy atom. The van der Waals surface area contributed by atoms with E-state index in [0.717, 1.165) is 0 Å². The van der Waals surface area contributed by atoms with Gasteiger partial charge in [0.25, 0.3) is 5.91 Å². The number of anilines is 1. The molecule has 16 heavy (non-hydrogen) atoms. The summed E-state index contributed by atoms with van der Waals surface area (Å²) in [5, 5.41) is 22.0. The molecule has 9 heteroatoms. The minimum atomic E-state index is -0.368. The molecule has 0 aliphatic carbocycles. The Labute approximate surface area is 89.8 Å². The smallest absolute Gasteiger partial charge is 0.272 e. The summed E-state index contributed by atoms with van der Waals surface area (Å²) in [4.78, 5) is 11.7. The van der Waals surface area contributed by atoms with Crippen LogP contribution in [0.4, 0.5) is 5.69 Å². The number of carbonyl (C=O) groups is 1. The number of carbonyl (C=O) groups excluding carboxylic acids is 1. The van der Waals surface area contributed by atoms with E-state index < -0.39 is 0 Å². The molecule has 9 nitrogen and oxygen atoms in total. The van der Waals surface area contributed by atoms with E-state index in [1.807, 2.05) is 0 Å². The Morgan fingerprint density at radius 2 is 2.44 bits per heavy atom. The van der Waals surface area contributed by atoms with Gasteiger partial charge in [-0.05, 0) is 6.92 Å². The molecule has 5 N–H and O–H groups in total. The topological polar surface area (TPSA) is 138 Å². The first-order valence-corrected chi connectivity index (χ1v) is 4.51. The lowest BCUT2D eigenvalue weighted by Gasteiger charge is -2.08. The zero-order chi connectivity index (χ0) is 11.5. The molecule has 0 aromatic carbocycles. The Balaban J connectivity index is 2.06. The molecule has 0 saturated carbocycles. The summed E-state index contributed by atoms with van der Waals surface area (Å²) in [6.45, 7) is 1.73. The van der Waals surface area contributed by atoms with Gasteiger partial charge in [-0.3, -0.25) is 9.89 Å². The standard InChI is InChI=1S/C7H10N8O/c1-3(6-12-14-15-13-6)10-7(16)5-4(8)2-9-11-5/h2-3H,8H2,1H3,(H,9,11)(H,10,16)(H,12,13,14,15). The van der Waals surface area contributed by atoms with Crippen LogP contribution in [-0.2, 0) is 0 Å². The van der Waals surface area contributed by atoms with Crippen LogP contribution in [0.3, 0.4) is 0 Å². The van der Waals surface area contributed by atoms with Crippen LogP contribution in [0.2, 0.25) is 0 Å². The highest BCUT2D eigenvalue weighted by Gasteiger charge is 2.17. The molecule has 84 valence electrons. The van der Waals surface area contributed by atoms with Crippen molar-refractivity contribution in [3.8, 4) is 0 Å². The summed E-state index contributed by atoms with van der Waals surface area (Å²) in [5.74, 6) is 0.0266. The minimum Gasteiger partial charge on any atom is -0.396 e. The van der Waals surface area contributed by atoms with E-state index in [1.165, 1.54) is 6.20 Å². The number of hydrogen-bond donors (Lipinski definition) is 4. The molecule has 0 spiro atoms. The highest BCUT2D eigenvalue weighted by Crippen LogP contribution is 2.09. The average Bonchev–Trinajstić information content (AvgIpc) is 2.86. The lowest BCUT2D eigenvalue weighted by Crippen LogP contribution is -2.28. The largest absolute Gasteiger partial charge is 0.396 e. The molecular weight excluding hydrogens is 212 g/mol. The van der Waals surface area contributed by atoms with Gasteiger partial charge in [-0.25, -0.2) is 0 Å². The third kappa shape index (κ3) is 1.82. The van der Waals surface area contributed by atoms with Crippen molar-refractivity contribution >= 4 is 11.6 Å². The highest BCUT2D eigenvalue weighted by atomic mass is 16.2. The maximum absolute atomic E-state index is 11.7. The Hall–Kier alpha value is -2.45. The lowest BCUT2D eigenvalue weighted by atomic mass is 10.3. The average molecular weight is 222 g/mol. The summed E-state index contributed by atoms with van der Waals surface area (Å²) in [6, 6.07) is -0.367. The fourth-order valence-electron chi connectivity index (χ4n) is 1.16. The molecule has 1 atom stereocenters. The molecule has 2 aromatic heterocycles. The van der Waals surface area contributed by atoms with Gasteiger partial charge < -0.3 is 11.1 Å². The number of hydrogen-bond acceptors (Lipinski definition) is 6. The monoisotopic (exact) mass is 222 g/mol. The number of nitrogens with zero attached hydrogens (tertiary/aromatic N) is 4. The summed E-state index contributed by atoms with van der Waals surface area (Å²) < 4.78 is 0. The number of aromatic nitrogens is 6. The van der Waals surface area contributed by atoms with Crippen molar-refractivity contribution in [2.24, 2.45) is 0 Å². The Kier molecular flexibility index (Phi) is 2.50. The van der Waals surface area contributed by atoms with Crippen molar-refractivity contribution in [2.45, 2.75) is 13.0 Å². The number of H-pyrrole nitrogens is 2. The lowest BCUT2D eigenvalue weighted by molar-refractivity contribution is 0.0934. The van der Waals surface area contributed by atoms with E-state index in [-0.39, 0.29) is 23.3 Å². The quantitative estimate of drug-likeness (QED) is 0.525. The SMILES string of the molecule is CC(NC(=O)c1[nH]ncc1N)c1nn[nH]n1. The number of aromatic amines is 2. The number of tetrazole rings is 1. The predicted molar refractivity (Wildman–Crippen MR) is 53.1 cm³/mol. The van der Waals surface area contributed by atoms with Crippen LogP contribution in [0.25, 0.3) is 0 Å². The minimum absolute atomic E-state index is 0.218. The molecule has 0 bridgehead atoms. The van der Waals surface area contributed by atoms with E-state index in [2.05, 4.69) is 36.1 Å². The maximum Gasteiger partial charge on any atom is 0.272 e. The first kappa shape index (κ1) is 10.1. The van der Waals surface area contributed by atoms with Crippen LogP contribution < -0.4 is 11.1 Å². The van der Waals surface area contributed by atoms with Crippen LogP contribution in [-0.4, -0.2) is 36.7 Å². The predicted octanol–water partition coefficient (Wildman–Crippen LogP) is -1.00. The number of nitrogens with one attached hydrogen (secondary N) is 3. The second kappa shape index (κ2) is 3.96. The maximum atomic E-state index is 11.7. The molecule has 2 rings (SSSR count). The second-order valence-electron chi connectivity index (χ2n) is 3.17. The summed E-state index contributed by atoms with van der Waals surface area (Å²) in [7, 11) is 0. The summed E-state index contributed by atoms with van der Waals surface area (Å²) in [6.07, 6.45) is 1.37. The van der Waals surface area contributed by atoms with Crippen LogP contribution in [0.5, 0.6) is 0 Å². The Morgan fingerprint density at radius 1 is 1.62 bits per heavy atom. The van der Waals surface area contributed by atoms with Crippen molar-refractivity contribution in [2.75, 3.05) is 5.73 Å². The molecule has 2 aromatic rings. The summed E-state index contributed by atoms with van der Waals surface area (Å²) >= 11 is 0. The fourth-order valence-corrected chi connectivity index (χ4v) is 1.16. The van der Waals surface area contributed by atoms with Crippen molar-refractivity contribution in [1.29, 1.82) is 0 Å². The van der Waals surface area contributed by atoms with Gasteiger partial charge in [-0.2, -0.15) is 10.3 Å². The number of amides is 1. The molecule has 2 heterocycles. The zero-order valence-electron chi connectivity index (χ0n) is 8.43. The van der Waals surface area contributed by atoms with Crippen molar-refractivity contribution in [3.63, 3.8) is 0 Å². The van der Waals surface area contributed by atoms with Crippen LogP contribution in [0, 0.1) is 0 Å². The van der Waals surface area contributed by atoms with E-state index in [4.69, 9.17) is 5.73 Å². The molecule has 0 fully saturated rings. The highest BCUT2D eigenvalue weighted by molar-refractivity contribution is 5.97. The molecule has 1 amide bonds. The van der Waals surface area contributed by atoms with Gasteiger partial charge in [0.1, 0.15) is 5.69 Å². The van der Waals surface area contributed by atoms with E-state index in [0.29, 0.717) is 5.82 Å². The van der Waals surface area contributed by atoms with E-state index in [1.54, 1.807) is 6.92 Å². The molecule has 0 radical (unpaired) electrons. The molecule has 0 saturated heterocycles. The third-order valence-corrected chi connectivity index (χ3v) is 1.99. The van der Waals surface area contributed by atoms with Crippen LogP contribution >= 0.6 is 0 Å². The molecule has 0 aliphatic rings. The number of nitrogen functional groups attached to an aromatic ring is 1. The Bertz CT molecular complexity index is 474. The molecule has 0 aliphatic heterocycles. The van der Waals surface area contributed by atoms with Crippen molar-refractivity contribution < 1.29 is 4.79 Å². The van der Waals surface area contributed by atoms with Gasteiger partial charge in [0, 0.05) is 0 Å². The van der Waals surface area contributed by atoms with E-state index in [9.17, 15) is 4.79 Å². The fraction of sp³-hybridized carbons (Fsp3) is 0.286. The van der Waals surface area contributed by atoms with Crippen molar-refractivity contribution in [3.05, 3.63) is 17.7 Å². The zero-order valence-corrected chi connectivity index (χ0v) is 8.43. The summed E-state index contributed by atoms with van der Waals surface area (Å²) in [5.41, 5.74) is 6.04. The van der Waals surface area contributed by atoms with Gasteiger partial charge in [-0.1, -0.05) is 5.21 Å². The van der Waals surface area contributed by atoms with E-state index >= 15 is 0 Å². The van der Waals surface area contributed by atoms with Crippen LogP contribution in [0.1, 0.15) is 29.3 Å². The first-order chi connectivity index (χ1) is 7.68.